The van der Waals surface area contributed by atoms with Gasteiger partial charge in [-0.15, -0.1) is 0 Å². The van der Waals surface area contributed by atoms with Crippen LogP contribution < -0.4 is 20.7 Å². The van der Waals surface area contributed by atoms with Gasteiger partial charge in [0.1, 0.15) is 29.2 Å². The molecule has 0 heterocycles. The molecule has 0 saturated heterocycles. The summed E-state index contributed by atoms with van der Waals surface area (Å²) in [6, 6.07) is 6.94. The third kappa shape index (κ3) is 44.9. The molecule has 3 amide bonds. The highest BCUT2D eigenvalue weighted by Crippen LogP contribution is 2.39. The quantitative estimate of drug-likeness (QED) is 0.0379. The average Bonchev–Trinajstić information content (AvgIpc) is 1.06. The molecule has 8 N–H and O–H groups in total. The van der Waals surface area contributed by atoms with Crippen LogP contribution in [-0.2, 0) is 57.5 Å². The van der Waals surface area contributed by atoms with Crippen molar-refractivity contribution >= 4 is 76.9 Å². The van der Waals surface area contributed by atoms with Gasteiger partial charge >= 0.3 is 47.9 Å². The van der Waals surface area contributed by atoms with Gasteiger partial charge in [0.25, 0.3) is 0 Å². The summed E-state index contributed by atoms with van der Waals surface area (Å²) in [7, 11) is 0. The minimum absolute atomic E-state index is 0.0102. The molecule has 23 nitrogen and oxygen atoms in total. The van der Waals surface area contributed by atoms with Gasteiger partial charge in [-0.2, -0.15) is 0 Å². The van der Waals surface area contributed by atoms with Gasteiger partial charge in [-0.05, 0) is 160 Å². The van der Waals surface area contributed by atoms with Crippen molar-refractivity contribution in [2.45, 2.75) is 371 Å². The van der Waals surface area contributed by atoms with E-state index >= 15 is 0 Å². The summed E-state index contributed by atoms with van der Waals surface area (Å²) in [5.74, 6) is -7.08. The summed E-state index contributed by atoms with van der Waals surface area (Å²) in [4.78, 5) is 154. The van der Waals surface area contributed by atoms with Crippen LogP contribution in [0.4, 0.5) is 9.59 Å². The van der Waals surface area contributed by atoms with Gasteiger partial charge in [0.05, 0.1) is 48.1 Å². The standard InChI is InChI=1S/C22H31NO5.C20H36N2O4.C16H28O3.C14H26O2.C13H22O4.C7H14O2/c1-22(2,3)17(20(25)26)14-18(24)19(15-10-6-4-7-11-15)23-21(27)28-16-12-8-5-9-13-16;1-19(2,3)14(17(24)25)12-15(23)16(13-10-8-7-9-11-13)21-18(26)22-20(4,5)6;1-11(12-8-6-5-7-9-12)14(17)10-13(15(18)19)16(2,3)4;1-10(15)12(14(5,6)7)8-11(16)9-13(2,3)4;1-13(2,3)10(12(15)16)8-11(14)17-9-6-4-5-7-9;1-5(6(8)9)7(2,3)4/h5,8-9,12-13,15,17,19H,4,6-7,10-11,14H2,1-3H3,(H,23,27)(H,25,26);13-14,16H,7-12H2,1-6H3,(H,24,25)(H2,21,22,26);11-13H,5-10H2,1-4H3,(H,18,19);12H,8-9H2,1-7H3;9-10H,4-8H2,1-3H3,(H,15,16);5H,1-4H3,(H,8,9)/t17-,19+;14-,16+;11-,13+;12-;10-;5-/m110111/s1. The summed E-state index contributed by atoms with van der Waals surface area (Å²) in [6.45, 7) is 51.0. The fourth-order valence-electron chi connectivity index (χ4n) is 14.9. The second kappa shape index (κ2) is 48.7. The lowest BCUT2D eigenvalue weighted by Crippen LogP contribution is -2.54. The first kappa shape index (κ1) is 108. The molecule has 0 radical (unpaired) electrons. The normalized spacial score (nSPS) is 17.9. The van der Waals surface area contributed by atoms with Crippen molar-refractivity contribution < 1.29 is 97.3 Å². The molecule has 115 heavy (non-hydrogen) atoms. The Morgan fingerprint density at radius 1 is 0.391 bits per heavy atom. The number of para-hydroxylation sites is 1. The molecular weight excluding hydrogens is 1470 g/mol. The van der Waals surface area contributed by atoms with E-state index in [2.05, 4.69) is 16.0 Å². The maximum atomic E-state index is 13.1. The van der Waals surface area contributed by atoms with E-state index in [1.54, 1.807) is 38.1 Å². The van der Waals surface area contributed by atoms with Crippen molar-refractivity contribution in [3.63, 3.8) is 0 Å². The first-order chi connectivity index (χ1) is 52.3. The van der Waals surface area contributed by atoms with E-state index < -0.39 is 93.5 Å². The molecule has 4 saturated carbocycles. The maximum Gasteiger partial charge on any atom is 0.413 e. The summed E-state index contributed by atoms with van der Waals surface area (Å²) < 4.78 is 10.6. The summed E-state index contributed by atoms with van der Waals surface area (Å²) in [6.07, 6.45) is 20.0. The molecule has 9 atom stereocenters. The topological polar surface area (TPSA) is 378 Å². The van der Waals surface area contributed by atoms with Crippen molar-refractivity contribution in [1.82, 2.24) is 16.0 Å². The Morgan fingerprint density at radius 3 is 1.03 bits per heavy atom. The molecule has 0 aliphatic heterocycles. The highest BCUT2D eigenvalue weighted by molar-refractivity contribution is 5.93. The summed E-state index contributed by atoms with van der Waals surface area (Å²) >= 11 is 0. The van der Waals surface area contributed by atoms with Crippen LogP contribution in [0.25, 0.3) is 0 Å². The third-order valence-corrected chi connectivity index (χ3v) is 22.7. The molecule has 1 aromatic carbocycles. The zero-order chi connectivity index (χ0) is 89.3. The third-order valence-electron chi connectivity index (χ3n) is 22.7. The highest BCUT2D eigenvalue weighted by Gasteiger charge is 2.42. The predicted molar refractivity (Wildman–Crippen MR) is 451 cm³/mol. The SMILES string of the molecule is CC(=O)[C@@H](CC(=O)CC(C)(C)C)C(C)(C)C.CC(C)(C)NC(=O)N[C@H](C(=O)C[C@H](C(=O)O)C(C)(C)C)C1CCCCC1.CC(C)(C)[C@H](CC(=O)OC1CCCC1)C(=O)O.CC(C)(C)[C@H](CC(=O)[C@@H](NC(=O)Oc1ccccc1)C1CCCCC1)C(=O)O.C[C@H](C(=O)C[C@H](C(=O)O)C(C)(C)C)C1CCCCC1.C[C@H](C(=O)O)C(C)(C)C. The van der Waals surface area contributed by atoms with Crippen LogP contribution in [0, 0.1) is 97.1 Å². The van der Waals surface area contributed by atoms with Gasteiger partial charge in [0.2, 0.25) is 0 Å². The van der Waals surface area contributed by atoms with E-state index in [0.717, 1.165) is 103 Å². The Bertz CT molecular complexity index is 3220. The van der Waals surface area contributed by atoms with Crippen LogP contribution in [0.15, 0.2) is 30.3 Å². The molecular formula is C92H157N3O20. The molecule has 0 aromatic heterocycles. The lowest BCUT2D eigenvalue weighted by atomic mass is 9.73. The monoisotopic (exact) mass is 1620 g/mol. The smallest absolute Gasteiger partial charge is 0.413 e. The van der Waals surface area contributed by atoms with E-state index in [1.807, 2.05) is 179 Å². The number of carboxylic acid groups (broad SMARTS) is 5. The van der Waals surface area contributed by atoms with Crippen LogP contribution in [-0.4, -0.2) is 126 Å². The Hall–Kier alpha value is -7.07. The van der Waals surface area contributed by atoms with Crippen LogP contribution >= 0.6 is 0 Å². The Kier molecular flexibility index (Phi) is 45.7. The minimum Gasteiger partial charge on any atom is -0.481 e. The van der Waals surface area contributed by atoms with Gasteiger partial charge in [0.15, 0.2) is 11.6 Å². The van der Waals surface area contributed by atoms with E-state index in [4.69, 9.17) is 19.7 Å². The lowest BCUT2D eigenvalue weighted by Gasteiger charge is -2.33. The number of ether oxygens (including phenoxy) is 2. The first-order valence-electron chi connectivity index (χ1n) is 42.4. The number of benzene rings is 1. The molecule has 660 valence electrons. The molecule has 4 fully saturated rings. The molecule has 4 aliphatic carbocycles. The minimum atomic E-state index is -0.991. The Labute approximate surface area is 691 Å². The second-order valence-electron chi connectivity index (χ2n) is 41.7. The van der Waals surface area contributed by atoms with Crippen molar-refractivity contribution in [3.05, 3.63) is 30.3 Å². The number of hydrogen-bond acceptors (Lipinski definition) is 15. The fraction of sp³-hybridized carbons (Fsp3) is 0.793. The van der Waals surface area contributed by atoms with E-state index in [0.29, 0.717) is 24.5 Å². The average molecular weight is 1630 g/mol. The van der Waals surface area contributed by atoms with Crippen molar-refractivity contribution in [2.75, 3.05) is 0 Å². The van der Waals surface area contributed by atoms with Gasteiger partial charge in [-0.3, -0.25) is 52.7 Å². The van der Waals surface area contributed by atoms with Crippen LogP contribution in [0.3, 0.4) is 0 Å². The lowest BCUT2D eigenvalue weighted by molar-refractivity contribution is -0.158. The number of hydrogen-bond donors (Lipinski definition) is 8. The van der Waals surface area contributed by atoms with Gasteiger partial charge in [-0.1, -0.05) is 235 Å². The number of Topliss-reactive ketones (excluding diaryl/α,β-unsaturated/α-hetero) is 5. The van der Waals surface area contributed by atoms with Crippen LogP contribution in [0.2, 0.25) is 0 Å². The number of nitrogens with one attached hydrogen (secondary N) is 3. The van der Waals surface area contributed by atoms with E-state index in [-0.39, 0.29) is 124 Å². The summed E-state index contributed by atoms with van der Waals surface area (Å²) in [5, 5.41) is 54.4. The molecule has 5 rings (SSSR count). The van der Waals surface area contributed by atoms with Crippen LogP contribution in [0.1, 0.15) is 347 Å². The zero-order valence-corrected chi connectivity index (χ0v) is 75.9. The Balaban J connectivity index is 0.00000140. The maximum absolute atomic E-state index is 13.1. The number of carbonyl (C=O) groups excluding carboxylic acids is 8. The van der Waals surface area contributed by atoms with Gasteiger partial charge < -0.3 is 51.0 Å². The second-order valence-corrected chi connectivity index (χ2v) is 41.7. The molecule has 0 spiro atoms. The predicted octanol–water partition coefficient (Wildman–Crippen LogP) is 20.1. The van der Waals surface area contributed by atoms with Crippen molar-refractivity contribution in [1.29, 1.82) is 0 Å². The van der Waals surface area contributed by atoms with E-state index in [9.17, 15) is 77.6 Å². The van der Waals surface area contributed by atoms with Gasteiger partial charge in [0, 0.05) is 49.5 Å². The van der Waals surface area contributed by atoms with Crippen LogP contribution in [0.5, 0.6) is 5.75 Å². The first-order valence-corrected chi connectivity index (χ1v) is 42.4. The Morgan fingerprint density at radius 2 is 0.722 bits per heavy atom. The van der Waals surface area contributed by atoms with Crippen molar-refractivity contribution in [3.8, 4) is 5.75 Å². The molecule has 0 bridgehead atoms. The number of amides is 3. The summed E-state index contributed by atoms with van der Waals surface area (Å²) in [5.41, 5.74) is -2.51. The number of urea groups is 1. The van der Waals surface area contributed by atoms with Crippen molar-refractivity contribution in [2.24, 2.45) is 97.1 Å². The molecule has 0 unspecified atom stereocenters. The number of esters is 1. The van der Waals surface area contributed by atoms with Gasteiger partial charge in [-0.25, -0.2) is 9.59 Å². The fourth-order valence-corrected chi connectivity index (χ4v) is 14.9. The number of aliphatic carboxylic acids is 5. The highest BCUT2D eigenvalue weighted by atomic mass is 16.6. The zero-order valence-electron chi connectivity index (χ0n) is 75.9. The number of rotatable bonds is 27. The van der Waals surface area contributed by atoms with E-state index in [1.165, 1.54) is 19.3 Å². The number of carbonyl (C=O) groups is 13. The molecule has 1 aromatic rings. The molecule has 4 aliphatic rings. The molecule has 23 heteroatoms. The largest absolute Gasteiger partial charge is 0.481 e. The number of carboxylic acids is 5. The number of ketones is 5.